The van der Waals surface area contributed by atoms with Gasteiger partial charge in [-0.3, -0.25) is 19.2 Å². The Morgan fingerprint density at radius 2 is 1.53 bits per heavy atom. The third-order valence-electron chi connectivity index (χ3n) is 3.81. The molecule has 0 spiro atoms. The number of carboxylic acids is 1. The molecule has 0 unspecified atom stereocenters. The molecular weight excluding hydrogens is 464 g/mol. The van der Waals surface area contributed by atoms with E-state index in [1.807, 2.05) is 5.32 Å². The highest BCUT2D eigenvalue weighted by Crippen LogP contribution is 2.26. The van der Waals surface area contributed by atoms with Gasteiger partial charge in [-0.25, -0.2) is 8.78 Å². The number of amides is 2. The Morgan fingerprint density at radius 3 is 2.06 bits per heavy atom. The van der Waals surface area contributed by atoms with Gasteiger partial charge in [0.2, 0.25) is 11.6 Å². The van der Waals surface area contributed by atoms with E-state index in [2.05, 4.69) is 10.1 Å². The summed E-state index contributed by atoms with van der Waals surface area (Å²) in [5.41, 5.74) is 0.165. The largest absolute Gasteiger partial charge is 0.481 e. The minimum absolute atomic E-state index is 0.0773. The third kappa shape index (κ3) is 6.41. The topological polar surface area (TPSA) is 122 Å². The predicted octanol–water partition coefficient (Wildman–Crippen LogP) is 2.44. The van der Waals surface area contributed by atoms with Gasteiger partial charge in [-0.2, -0.15) is 8.78 Å². The molecule has 1 atom stereocenters. The van der Waals surface area contributed by atoms with Crippen LogP contribution in [0.5, 0.6) is 5.75 Å². The van der Waals surface area contributed by atoms with E-state index in [0.717, 1.165) is 0 Å². The highest BCUT2D eigenvalue weighted by atomic mass is 35.5. The second-order valence-electron chi connectivity index (χ2n) is 6.14. The Balaban J connectivity index is 2.08. The molecule has 170 valence electrons. The lowest BCUT2D eigenvalue weighted by Crippen LogP contribution is -2.48. The number of hydrogen-bond acceptors (Lipinski definition) is 5. The van der Waals surface area contributed by atoms with E-state index in [1.165, 1.54) is 24.3 Å². The first-order valence-electron chi connectivity index (χ1n) is 8.57. The zero-order valence-corrected chi connectivity index (χ0v) is 16.5. The third-order valence-corrected chi connectivity index (χ3v) is 4.06. The monoisotopic (exact) mass is 476 g/mol. The highest BCUT2D eigenvalue weighted by molar-refractivity contribution is 6.40. The van der Waals surface area contributed by atoms with Crippen molar-refractivity contribution >= 4 is 40.9 Å². The number of carbonyl (C=O) groups is 4. The maximum atomic E-state index is 13.6. The first-order chi connectivity index (χ1) is 15.0. The fourth-order valence-electron chi connectivity index (χ4n) is 2.29. The van der Waals surface area contributed by atoms with E-state index in [-0.39, 0.29) is 11.8 Å². The van der Waals surface area contributed by atoms with Crippen molar-refractivity contribution in [1.82, 2.24) is 5.32 Å². The van der Waals surface area contributed by atoms with Crippen LogP contribution in [0.3, 0.4) is 0 Å². The molecule has 2 rings (SSSR count). The molecule has 0 saturated carbocycles. The highest BCUT2D eigenvalue weighted by Gasteiger charge is 2.28. The van der Waals surface area contributed by atoms with Gasteiger partial charge in [-0.05, 0) is 24.3 Å². The van der Waals surface area contributed by atoms with Gasteiger partial charge in [0.1, 0.15) is 12.6 Å². The normalized spacial score (nSPS) is 11.4. The fourth-order valence-corrected chi connectivity index (χ4v) is 2.41. The number of carbonyl (C=O) groups excluding carboxylic acids is 3. The van der Waals surface area contributed by atoms with E-state index < -0.39 is 71.7 Å². The van der Waals surface area contributed by atoms with Crippen LogP contribution in [0.25, 0.3) is 0 Å². The summed E-state index contributed by atoms with van der Waals surface area (Å²) >= 11 is 5.69. The van der Waals surface area contributed by atoms with Crippen LogP contribution < -0.4 is 15.4 Å². The van der Waals surface area contributed by atoms with Crippen LogP contribution in [-0.4, -0.2) is 41.3 Å². The Kier molecular flexibility index (Phi) is 8.13. The van der Waals surface area contributed by atoms with Gasteiger partial charge in [0.25, 0.3) is 0 Å². The molecule has 2 amide bonds. The second kappa shape index (κ2) is 10.6. The lowest BCUT2D eigenvalue weighted by molar-refractivity contribution is -0.142. The summed E-state index contributed by atoms with van der Waals surface area (Å²) in [6.45, 7) is -1.27. The minimum atomic E-state index is -1.92. The van der Waals surface area contributed by atoms with Crippen molar-refractivity contribution in [2.75, 3.05) is 11.9 Å². The first kappa shape index (κ1) is 24.6. The summed E-state index contributed by atoms with van der Waals surface area (Å²) in [4.78, 5) is 47.2. The smallest absolute Gasteiger partial charge is 0.313 e. The van der Waals surface area contributed by atoms with E-state index in [4.69, 9.17) is 16.7 Å². The summed E-state index contributed by atoms with van der Waals surface area (Å²) in [5.74, 6) is -14.5. The first-order valence-corrected chi connectivity index (χ1v) is 8.95. The molecule has 0 aromatic heterocycles. The average Bonchev–Trinajstić information content (AvgIpc) is 2.72. The lowest BCUT2D eigenvalue weighted by Gasteiger charge is -2.16. The van der Waals surface area contributed by atoms with E-state index in [1.54, 1.807) is 0 Å². The molecule has 0 bridgehead atoms. The quantitative estimate of drug-likeness (QED) is 0.306. The Hall–Kier alpha value is -3.67. The summed E-state index contributed by atoms with van der Waals surface area (Å²) < 4.78 is 58.1. The zero-order chi connectivity index (χ0) is 24.0. The van der Waals surface area contributed by atoms with Crippen LogP contribution >= 0.6 is 11.6 Å². The summed E-state index contributed by atoms with van der Waals surface area (Å²) in [7, 11) is 0. The van der Waals surface area contributed by atoms with Crippen molar-refractivity contribution in [1.29, 1.82) is 0 Å². The number of ketones is 1. The summed E-state index contributed by atoms with van der Waals surface area (Å²) in [6, 6.07) is 3.62. The number of nitrogens with one attached hydrogen (secondary N) is 2. The second-order valence-corrected chi connectivity index (χ2v) is 6.57. The molecular formula is C19H13ClF4N2O6. The molecule has 2 aromatic carbocycles. The van der Waals surface area contributed by atoms with Crippen LogP contribution in [0.2, 0.25) is 5.02 Å². The number of ether oxygens (including phenoxy) is 1. The Labute approximate surface area is 182 Å². The van der Waals surface area contributed by atoms with Gasteiger partial charge in [-0.1, -0.05) is 11.6 Å². The molecule has 0 fully saturated rings. The predicted molar refractivity (Wildman–Crippen MR) is 101 cm³/mol. The number of hydrogen-bond donors (Lipinski definition) is 3. The number of carboxylic acid groups (broad SMARTS) is 1. The van der Waals surface area contributed by atoms with Crippen molar-refractivity contribution in [3.63, 3.8) is 0 Å². The van der Waals surface area contributed by atoms with Gasteiger partial charge in [-0.15, -0.1) is 0 Å². The number of benzene rings is 2. The Morgan fingerprint density at radius 1 is 0.969 bits per heavy atom. The fraction of sp³-hybridized carbons (Fsp3) is 0.158. The number of anilines is 1. The summed E-state index contributed by atoms with van der Waals surface area (Å²) in [5, 5.41) is 13.3. The molecule has 13 heteroatoms. The zero-order valence-electron chi connectivity index (χ0n) is 15.8. The van der Waals surface area contributed by atoms with E-state index in [9.17, 15) is 36.7 Å². The number of aliphatic carboxylic acids is 1. The average molecular weight is 477 g/mol. The van der Waals surface area contributed by atoms with Gasteiger partial charge >= 0.3 is 17.8 Å². The Bertz CT molecular complexity index is 1040. The number of rotatable bonds is 8. The van der Waals surface area contributed by atoms with Crippen LogP contribution in [0.15, 0.2) is 30.3 Å². The molecule has 0 aliphatic carbocycles. The van der Waals surface area contributed by atoms with Crippen molar-refractivity contribution < 1.29 is 46.6 Å². The molecule has 32 heavy (non-hydrogen) atoms. The molecule has 0 aliphatic heterocycles. The van der Waals surface area contributed by atoms with Crippen molar-refractivity contribution in [2.45, 2.75) is 12.5 Å². The SMILES string of the molecule is O=C(O)C[C@H](NC(=O)C(=O)Nc1ccc(Cl)cc1)C(=O)COc1c(F)c(F)cc(F)c1F. The van der Waals surface area contributed by atoms with Crippen LogP contribution in [0.1, 0.15) is 6.42 Å². The number of halogens is 5. The van der Waals surface area contributed by atoms with Gasteiger partial charge in [0, 0.05) is 16.8 Å². The summed E-state index contributed by atoms with van der Waals surface area (Å²) in [6.07, 6.45) is -1.02. The molecule has 0 heterocycles. The number of Topliss-reactive ketones (excluding diaryl/α,β-unsaturated/α-hetero) is 1. The van der Waals surface area contributed by atoms with Gasteiger partial charge in [0.15, 0.2) is 23.2 Å². The molecule has 2 aromatic rings. The van der Waals surface area contributed by atoms with E-state index >= 15 is 0 Å². The van der Waals surface area contributed by atoms with Crippen LogP contribution in [0.4, 0.5) is 23.2 Å². The minimum Gasteiger partial charge on any atom is -0.481 e. The van der Waals surface area contributed by atoms with Crippen molar-refractivity contribution in [3.05, 3.63) is 58.6 Å². The molecule has 0 aliphatic rings. The standard InChI is InChI=1S/C19H13ClF4N2O6/c20-8-1-3-9(4-2-8)25-18(30)19(31)26-12(6-14(28)29)13(27)7-32-17-15(23)10(21)5-11(22)16(17)24/h1-5,12H,6-7H2,(H,25,30)(H,26,31)(H,28,29)/t12-/m0/s1. The van der Waals surface area contributed by atoms with Crippen molar-refractivity contribution in [2.24, 2.45) is 0 Å². The van der Waals surface area contributed by atoms with Crippen molar-refractivity contribution in [3.8, 4) is 5.75 Å². The van der Waals surface area contributed by atoms with Gasteiger partial charge < -0.3 is 20.5 Å². The molecule has 0 radical (unpaired) electrons. The van der Waals surface area contributed by atoms with Gasteiger partial charge in [0.05, 0.1) is 6.42 Å². The van der Waals surface area contributed by atoms with E-state index in [0.29, 0.717) is 5.02 Å². The van der Waals surface area contributed by atoms with Crippen LogP contribution in [-0.2, 0) is 19.2 Å². The molecule has 8 nitrogen and oxygen atoms in total. The molecule has 0 saturated heterocycles. The lowest BCUT2D eigenvalue weighted by atomic mass is 10.1. The molecule has 3 N–H and O–H groups in total. The maximum absolute atomic E-state index is 13.6. The van der Waals surface area contributed by atoms with Crippen LogP contribution in [0, 0.1) is 23.3 Å². The maximum Gasteiger partial charge on any atom is 0.313 e.